The van der Waals surface area contributed by atoms with Crippen LogP contribution in [0.4, 0.5) is 11.4 Å². The molecule has 5 nitrogen and oxygen atoms in total. The van der Waals surface area contributed by atoms with Crippen molar-refractivity contribution in [1.29, 1.82) is 0 Å². The molecule has 0 heterocycles. The Kier molecular flexibility index (Phi) is 6.61. The van der Waals surface area contributed by atoms with Crippen LogP contribution in [0.5, 0.6) is 0 Å². The summed E-state index contributed by atoms with van der Waals surface area (Å²) in [5.74, 6) is -0.436. The molecule has 2 N–H and O–H groups in total. The molecule has 0 saturated carbocycles. The molecule has 0 saturated heterocycles. The quantitative estimate of drug-likeness (QED) is 0.823. The molecule has 2 amide bonds. The number of likely N-dealkylation sites (N-methyl/N-ethyl adjacent to an activating group) is 1. The molecule has 2 aromatic carbocycles. The highest BCUT2D eigenvalue weighted by Crippen LogP contribution is 2.15. The van der Waals surface area contributed by atoms with Gasteiger partial charge in [-0.1, -0.05) is 29.3 Å². The van der Waals surface area contributed by atoms with Crippen molar-refractivity contribution in [1.82, 2.24) is 4.90 Å². The first-order valence-corrected chi connectivity index (χ1v) is 7.97. The number of nitrogens with one attached hydrogen (secondary N) is 2. The first-order valence-electron chi connectivity index (χ1n) is 7.22. The maximum atomic E-state index is 12.0. The average Bonchev–Trinajstić information content (AvgIpc) is 2.49. The van der Waals surface area contributed by atoms with Crippen LogP contribution in [0.2, 0.25) is 10.0 Å². The number of anilines is 2. The number of hydrogen-bond donors (Lipinski definition) is 2. The van der Waals surface area contributed by atoms with E-state index < -0.39 is 0 Å². The van der Waals surface area contributed by atoms with Gasteiger partial charge in [0.05, 0.1) is 13.1 Å². The highest BCUT2D eigenvalue weighted by molar-refractivity contribution is 6.31. The average molecular weight is 366 g/mol. The lowest BCUT2D eigenvalue weighted by Crippen LogP contribution is -2.36. The summed E-state index contributed by atoms with van der Waals surface area (Å²) < 4.78 is 0. The minimum Gasteiger partial charge on any atom is -0.325 e. The Labute approximate surface area is 150 Å². The van der Waals surface area contributed by atoms with Gasteiger partial charge in [-0.25, -0.2) is 0 Å². The zero-order chi connectivity index (χ0) is 17.5. The zero-order valence-corrected chi connectivity index (χ0v) is 14.6. The maximum absolute atomic E-state index is 12.0. The maximum Gasteiger partial charge on any atom is 0.238 e. The summed E-state index contributed by atoms with van der Waals surface area (Å²) in [6, 6.07) is 13.7. The van der Waals surface area contributed by atoms with E-state index in [-0.39, 0.29) is 24.9 Å². The van der Waals surface area contributed by atoms with Crippen LogP contribution < -0.4 is 10.6 Å². The first-order chi connectivity index (χ1) is 11.4. The molecule has 0 fully saturated rings. The molecular weight excluding hydrogens is 349 g/mol. The number of benzene rings is 2. The Balaban J connectivity index is 1.79. The minimum absolute atomic E-state index is 0.0839. The molecule has 7 heteroatoms. The Morgan fingerprint density at radius 1 is 0.875 bits per heavy atom. The molecule has 0 aliphatic heterocycles. The Bertz CT molecular complexity index is 720. The molecule has 2 rings (SSSR count). The normalized spacial score (nSPS) is 10.5. The Hall–Kier alpha value is -2.08. The Morgan fingerprint density at radius 2 is 1.46 bits per heavy atom. The van der Waals surface area contributed by atoms with Crippen LogP contribution in [-0.4, -0.2) is 36.9 Å². The van der Waals surface area contributed by atoms with Gasteiger partial charge in [0, 0.05) is 21.4 Å². The lowest BCUT2D eigenvalue weighted by molar-refractivity contribution is -0.119. The SMILES string of the molecule is CN(CC(=O)Nc1ccc(Cl)cc1)CC(=O)Nc1cccc(Cl)c1. The lowest BCUT2D eigenvalue weighted by atomic mass is 10.3. The number of carbonyl (C=O) groups excluding carboxylic acids is 2. The Morgan fingerprint density at radius 3 is 2.04 bits per heavy atom. The van der Waals surface area contributed by atoms with Crippen LogP contribution in [0, 0.1) is 0 Å². The summed E-state index contributed by atoms with van der Waals surface area (Å²) >= 11 is 11.7. The van der Waals surface area contributed by atoms with Gasteiger partial charge < -0.3 is 10.6 Å². The third-order valence-corrected chi connectivity index (χ3v) is 3.55. The van der Waals surface area contributed by atoms with E-state index in [1.807, 2.05) is 0 Å². The van der Waals surface area contributed by atoms with Gasteiger partial charge in [0.1, 0.15) is 0 Å². The van der Waals surface area contributed by atoms with Crippen molar-refractivity contribution in [3.63, 3.8) is 0 Å². The van der Waals surface area contributed by atoms with E-state index in [9.17, 15) is 9.59 Å². The smallest absolute Gasteiger partial charge is 0.238 e. The summed E-state index contributed by atoms with van der Waals surface area (Å²) in [5, 5.41) is 6.62. The van der Waals surface area contributed by atoms with Crippen LogP contribution in [0.1, 0.15) is 0 Å². The van der Waals surface area contributed by atoms with E-state index in [0.717, 1.165) is 0 Å². The van der Waals surface area contributed by atoms with E-state index in [0.29, 0.717) is 21.4 Å². The van der Waals surface area contributed by atoms with Crippen LogP contribution in [0.25, 0.3) is 0 Å². The van der Waals surface area contributed by atoms with Crippen LogP contribution >= 0.6 is 23.2 Å². The van der Waals surface area contributed by atoms with Crippen molar-refractivity contribution in [3.8, 4) is 0 Å². The fourth-order valence-corrected chi connectivity index (χ4v) is 2.36. The lowest BCUT2D eigenvalue weighted by Gasteiger charge is -2.16. The molecule has 0 bridgehead atoms. The highest BCUT2D eigenvalue weighted by atomic mass is 35.5. The number of rotatable bonds is 6. The number of hydrogen-bond acceptors (Lipinski definition) is 3. The van der Waals surface area contributed by atoms with Gasteiger partial charge >= 0.3 is 0 Å². The molecule has 0 unspecified atom stereocenters. The van der Waals surface area contributed by atoms with Crippen LogP contribution in [0.15, 0.2) is 48.5 Å². The van der Waals surface area contributed by atoms with Crippen molar-refractivity contribution in [3.05, 3.63) is 58.6 Å². The largest absolute Gasteiger partial charge is 0.325 e. The van der Waals surface area contributed by atoms with Gasteiger partial charge in [0.2, 0.25) is 11.8 Å². The summed E-state index contributed by atoms with van der Waals surface area (Å²) in [6.45, 7) is 0.173. The standard InChI is InChI=1S/C17H17Cl2N3O2/c1-22(10-16(23)20-14-7-5-12(18)6-8-14)11-17(24)21-15-4-2-3-13(19)9-15/h2-9H,10-11H2,1H3,(H,20,23)(H,21,24). The van der Waals surface area contributed by atoms with Gasteiger partial charge in [-0.2, -0.15) is 0 Å². The second-order valence-electron chi connectivity index (χ2n) is 5.29. The number of amides is 2. The van der Waals surface area contributed by atoms with Gasteiger partial charge in [-0.3, -0.25) is 14.5 Å². The molecule has 126 valence electrons. The first kappa shape index (κ1) is 18.3. The predicted octanol–water partition coefficient (Wildman–Crippen LogP) is 3.50. The van der Waals surface area contributed by atoms with Gasteiger partial charge in [0.25, 0.3) is 0 Å². The minimum atomic E-state index is -0.223. The molecule has 24 heavy (non-hydrogen) atoms. The van der Waals surface area contributed by atoms with Crippen molar-refractivity contribution in [2.45, 2.75) is 0 Å². The van der Waals surface area contributed by atoms with Crippen LogP contribution in [-0.2, 0) is 9.59 Å². The van der Waals surface area contributed by atoms with Gasteiger partial charge in [-0.05, 0) is 49.5 Å². The molecule has 0 spiro atoms. The van der Waals surface area contributed by atoms with Crippen molar-refractivity contribution in [2.75, 3.05) is 30.8 Å². The van der Waals surface area contributed by atoms with E-state index in [4.69, 9.17) is 23.2 Å². The van der Waals surface area contributed by atoms with E-state index in [1.54, 1.807) is 60.5 Å². The number of nitrogens with zero attached hydrogens (tertiary/aromatic N) is 1. The van der Waals surface area contributed by atoms with E-state index in [2.05, 4.69) is 10.6 Å². The van der Waals surface area contributed by atoms with E-state index >= 15 is 0 Å². The highest BCUT2D eigenvalue weighted by Gasteiger charge is 2.11. The topological polar surface area (TPSA) is 61.4 Å². The molecular formula is C17H17Cl2N3O2. The molecule has 0 atom stereocenters. The van der Waals surface area contributed by atoms with Gasteiger partial charge in [-0.15, -0.1) is 0 Å². The summed E-state index contributed by atoms with van der Waals surface area (Å²) in [5.41, 5.74) is 1.27. The molecule has 0 radical (unpaired) electrons. The second-order valence-corrected chi connectivity index (χ2v) is 6.16. The monoisotopic (exact) mass is 365 g/mol. The third kappa shape index (κ3) is 6.20. The fraction of sp³-hybridized carbons (Fsp3) is 0.176. The fourth-order valence-electron chi connectivity index (χ4n) is 2.05. The van der Waals surface area contributed by atoms with E-state index in [1.165, 1.54) is 0 Å². The molecule has 0 aromatic heterocycles. The molecule has 2 aromatic rings. The molecule has 0 aliphatic carbocycles. The number of halogens is 2. The van der Waals surface area contributed by atoms with Crippen molar-refractivity contribution >= 4 is 46.4 Å². The second kappa shape index (κ2) is 8.68. The van der Waals surface area contributed by atoms with Gasteiger partial charge in [0.15, 0.2) is 0 Å². The summed E-state index contributed by atoms with van der Waals surface area (Å²) in [6.07, 6.45) is 0. The zero-order valence-electron chi connectivity index (χ0n) is 13.1. The van der Waals surface area contributed by atoms with Crippen LogP contribution in [0.3, 0.4) is 0 Å². The summed E-state index contributed by atoms with van der Waals surface area (Å²) in [7, 11) is 1.69. The van der Waals surface area contributed by atoms with Crippen molar-refractivity contribution < 1.29 is 9.59 Å². The third-order valence-electron chi connectivity index (χ3n) is 3.06. The molecule has 0 aliphatic rings. The van der Waals surface area contributed by atoms with Crippen molar-refractivity contribution in [2.24, 2.45) is 0 Å². The predicted molar refractivity (Wildman–Crippen MR) is 97.7 cm³/mol. The number of carbonyl (C=O) groups is 2. The summed E-state index contributed by atoms with van der Waals surface area (Å²) in [4.78, 5) is 25.5.